The van der Waals surface area contributed by atoms with E-state index in [-0.39, 0.29) is 5.91 Å². The minimum Gasteiger partial charge on any atom is -0.453 e. The molecule has 2 heterocycles. The van der Waals surface area contributed by atoms with Gasteiger partial charge in [0.25, 0.3) is 11.8 Å². The molecule has 2 aromatic heterocycles. The highest BCUT2D eigenvalue weighted by atomic mass is 35.5. The number of nitrogens with one attached hydrogen (secondary N) is 2. The van der Waals surface area contributed by atoms with E-state index in [1.54, 1.807) is 12.1 Å². The van der Waals surface area contributed by atoms with Gasteiger partial charge in [-0.3, -0.25) is 14.9 Å². The van der Waals surface area contributed by atoms with Gasteiger partial charge in [-0.1, -0.05) is 18.5 Å². The monoisotopic (exact) mass is 412 g/mol. The van der Waals surface area contributed by atoms with Crippen LogP contribution >= 0.6 is 34.3 Å². The lowest BCUT2D eigenvalue weighted by Crippen LogP contribution is -2.31. The highest BCUT2D eigenvalue weighted by Crippen LogP contribution is 2.40. The number of anilines is 1. The van der Waals surface area contributed by atoms with E-state index in [4.69, 9.17) is 11.6 Å². The highest BCUT2D eigenvalue weighted by molar-refractivity contribution is 7.18. The van der Waals surface area contributed by atoms with Crippen molar-refractivity contribution in [3.8, 4) is 0 Å². The Balaban J connectivity index is 1.94. The van der Waals surface area contributed by atoms with Crippen LogP contribution in [-0.4, -0.2) is 25.0 Å². The molecule has 0 aromatic carbocycles. The van der Waals surface area contributed by atoms with Crippen LogP contribution < -0.4 is 10.6 Å². The molecule has 0 aliphatic heterocycles. The van der Waals surface area contributed by atoms with Crippen LogP contribution in [-0.2, 0) is 17.6 Å². The molecule has 2 N–H and O–H groups in total. The van der Waals surface area contributed by atoms with Crippen molar-refractivity contribution in [3.05, 3.63) is 37.4 Å². The van der Waals surface area contributed by atoms with Crippen molar-refractivity contribution < 1.29 is 19.1 Å². The van der Waals surface area contributed by atoms with E-state index >= 15 is 0 Å². The number of carbonyl (C=O) groups is 3. The third kappa shape index (κ3) is 3.92. The Bertz CT molecular complexity index is 874. The average Bonchev–Trinajstić information content (AvgIpc) is 3.17. The number of carbonyl (C=O) groups excluding carboxylic acids is 3. The van der Waals surface area contributed by atoms with Crippen molar-refractivity contribution in [1.82, 2.24) is 5.32 Å². The number of thiophene rings is 2. The van der Waals surface area contributed by atoms with Crippen molar-refractivity contribution in [2.45, 2.75) is 26.2 Å². The minimum atomic E-state index is -0.832. The van der Waals surface area contributed by atoms with Crippen LogP contribution in [0.1, 0.15) is 43.8 Å². The lowest BCUT2D eigenvalue weighted by atomic mass is 9.88. The molecule has 3 rings (SSSR count). The zero-order valence-electron chi connectivity index (χ0n) is 14.2. The molecule has 0 radical (unpaired) electrons. The first kappa shape index (κ1) is 18.9. The first-order chi connectivity index (χ1) is 12.4. The van der Waals surface area contributed by atoms with E-state index in [9.17, 15) is 14.4 Å². The van der Waals surface area contributed by atoms with E-state index < -0.39 is 12.0 Å². The molecule has 26 heavy (non-hydrogen) atoms. The summed E-state index contributed by atoms with van der Waals surface area (Å²) in [5.41, 5.74) is 1.24. The van der Waals surface area contributed by atoms with Crippen molar-refractivity contribution in [2.24, 2.45) is 5.92 Å². The standard InChI is InChI=1S/C17H17ClN2O4S2/c1-8-3-4-9-11(7-8)26-16(13(9)15(22)20-17(23)24-2)19-14(21)10-5-6-12(18)25-10/h5-6,8H,3-4,7H2,1-2H3,(H,19,21)(H,20,22,23)/t8-/m0/s1. The maximum absolute atomic E-state index is 12.6. The number of halogens is 1. The number of rotatable bonds is 3. The van der Waals surface area contributed by atoms with Crippen LogP contribution in [0.15, 0.2) is 12.1 Å². The highest BCUT2D eigenvalue weighted by Gasteiger charge is 2.29. The predicted molar refractivity (Wildman–Crippen MR) is 103 cm³/mol. The number of alkyl carbamates (subject to hydrolysis) is 1. The largest absolute Gasteiger partial charge is 0.453 e. The summed E-state index contributed by atoms with van der Waals surface area (Å²) in [6, 6.07) is 3.28. The summed E-state index contributed by atoms with van der Waals surface area (Å²) in [5.74, 6) is -0.388. The molecule has 1 atom stereocenters. The van der Waals surface area contributed by atoms with E-state index in [1.165, 1.54) is 18.4 Å². The number of hydrogen-bond acceptors (Lipinski definition) is 6. The fraction of sp³-hybridized carbons (Fsp3) is 0.353. The summed E-state index contributed by atoms with van der Waals surface area (Å²) in [4.78, 5) is 38.0. The van der Waals surface area contributed by atoms with Crippen molar-refractivity contribution in [2.75, 3.05) is 12.4 Å². The van der Waals surface area contributed by atoms with Gasteiger partial charge in [-0.25, -0.2) is 4.79 Å². The molecular weight excluding hydrogens is 396 g/mol. The maximum Gasteiger partial charge on any atom is 0.413 e. The van der Waals surface area contributed by atoms with E-state index in [2.05, 4.69) is 22.3 Å². The predicted octanol–water partition coefficient (Wildman–Crippen LogP) is 4.34. The second-order valence-corrected chi connectivity index (χ2v) is 8.88. The van der Waals surface area contributed by atoms with Gasteiger partial charge in [0, 0.05) is 4.88 Å². The topological polar surface area (TPSA) is 84.5 Å². The molecule has 1 aliphatic rings. The van der Waals surface area contributed by atoms with Crippen LogP contribution in [0.5, 0.6) is 0 Å². The second-order valence-electron chi connectivity index (χ2n) is 6.06. The zero-order valence-corrected chi connectivity index (χ0v) is 16.6. The second kappa shape index (κ2) is 7.77. The summed E-state index contributed by atoms with van der Waals surface area (Å²) >= 11 is 8.43. The quantitative estimate of drug-likeness (QED) is 0.785. The summed E-state index contributed by atoms with van der Waals surface area (Å²) in [7, 11) is 1.19. The van der Waals surface area contributed by atoms with Gasteiger partial charge in [-0.2, -0.15) is 0 Å². The lowest BCUT2D eigenvalue weighted by Gasteiger charge is -2.18. The molecule has 2 aromatic rings. The molecule has 3 amide bonds. The normalized spacial score (nSPS) is 15.9. The Morgan fingerprint density at radius 2 is 2.00 bits per heavy atom. The number of amides is 3. The zero-order chi connectivity index (χ0) is 18.8. The molecule has 0 unspecified atom stereocenters. The molecule has 9 heteroatoms. The number of imide groups is 1. The van der Waals surface area contributed by atoms with Crippen molar-refractivity contribution in [3.63, 3.8) is 0 Å². The third-order valence-electron chi connectivity index (χ3n) is 4.16. The Labute approximate surface area is 163 Å². The van der Waals surface area contributed by atoms with Crippen molar-refractivity contribution in [1.29, 1.82) is 0 Å². The van der Waals surface area contributed by atoms with Gasteiger partial charge >= 0.3 is 6.09 Å². The number of methoxy groups -OCH3 is 1. The van der Waals surface area contributed by atoms with Crippen LogP contribution in [0.4, 0.5) is 9.80 Å². The number of fused-ring (bicyclic) bond motifs is 1. The molecule has 0 saturated heterocycles. The van der Waals surface area contributed by atoms with Gasteiger partial charge in [0.2, 0.25) is 0 Å². The molecule has 0 bridgehead atoms. The Morgan fingerprint density at radius 3 is 2.65 bits per heavy atom. The SMILES string of the molecule is COC(=O)NC(=O)c1c(NC(=O)c2ccc(Cl)s2)sc2c1CC[C@H](C)C2. The number of ether oxygens (including phenoxy) is 1. The van der Waals surface area contributed by atoms with Gasteiger partial charge in [0.1, 0.15) is 5.00 Å². The van der Waals surface area contributed by atoms with Crippen LogP contribution in [0.25, 0.3) is 0 Å². The van der Waals surface area contributed by atoms with Crippen LogP contribution in [0.2, 0.25) is 4.34 Å². The Hall–Kier alpha value is -1.90. The van der Waals surface area contributed by atoms with E-state index in [0.29, 0.717) is 25.7 Å². The summed E-state index contributed by atoms with van der Waals surface area (Å²) in [6.07, 6.45) is 1.70. The van der Waals surface area contributed by atoms with Crippen LogP contribution in [0.3, 0.4) is 0 Å². The molecule has 1 aliphatic carbocycles. The first-order valence-corrected chi connectivity index (χ1v) is 10.0. The first-order valence-electron chi connectivity index (χ1n) is 7.99. The average molecular weight is 413 g/mol. The Morgan fingerprint density at radius 1 is 1.23 bits per heavy atom. The maximum atomic E-state index is 12.6. The number of hydrogen-bond donors (Lipinski definition) is 2. The van der Waals surface area contributed by atoms with Crippen molar-refractivity contribution >= 4 is 57.2 Å². The molecule has 0 saturated carbocycles. The molecule has 6 nitrogen and oxygen atoms in total. The summed E-state index contributed by atoms with van der Waals surface area (Å²) in [6.45, 7) is 2.16. The fourth-order valence-electron chi connectivity index (χ4n) is 2.89. The van der Waals surface area contributed by atoms with Gasteiger partial charge in [-0.15, -0.1) is 22.7 Å². The molecule has 0 fully saturated rings. The fourth-order valence-corrected chi connectivity index (χ4v) is 5.23. The summed E-state index contributed by atoms with van der Waals surface area (Å²) in [5, 5.41) is 5.43. The molecular formula is C17H17ClN2O4S2. The smallest absolute Gasteiger partial charge is 0.413 e. The minimum absolute atomic E-state index is 0.333. The summed E-state index contributed by atoms with van der Waals surface area (Å²) < 4.78 is 5.02. The molecule has 0 spiro atoms. The molecule has 138 valence electrons. The van der Waals surface area contributed by atoms with E-state index in [1.807, 2.05) is 0 Å². The van der Waals surface area contributed by atoms with E-state index in [0.717, 1.165) is 41.0 Å². The van der Waals surface area contributed by atoms with Gasteiger partial charge in [-0.05, 0) is 42.9 Å². The van der Waals surface area contributed by atoms with Gasteiger partial charge in [0.15, 0.2) is 0 Å². The Kier molecular flexibility index (Phi) is 5.64. The van der Waals surface area contributed by atoms with Gasteiger partial charge < -0.3 is 10.1 Å². The third-order valence-corrected chi connectivity index (χ3v) is 6.56. The van der Waals surface area contributed by atoms with Crippen LogP contribution in [0, 0.1) is 5.92 Å². The lowest BCUT2D eigenvalue weighted by molar-refractivity contribution is 0.0937. The van der Waals surface area contributed by atoms with Gasteiger partial charge in [0.05, 0.1) is 21.9 Å².